The Bertz CT molecular complexity index is 329. The van der Waals surface area contributed by atoms with Crippen molar-refractivity contribution in [1.82, 2.24) is 10.2 Å². The van der Waals surface area contributed by atoms with E-state index in [0.717, 1.165) is 25.8 Å². The van der Waals surface area contributed by atoms with Crippen molar-refractivity contribution >= 4 is 31.0 Å². The van der Waals surface area contributed by atoms with Crippen molar-refractivity contribution in [3.8, 4) is 5.95 Å². The van der Waals surface area contributed by atoms with Crippen molar-refractivity contribution < 1.29 is 14.3 Å². The molecule has 1 rings (SSSR count). The Labute approximate surface area is 113 Å². The first kappa shape index (κ1) is 18.5. The van der Waals surface area contributed by atoms with Crippen LogP contribution in [0.25, 0.3) is 0 Å². The van der Waals surface area contributed by atoms with E-state index in [2.05, 4.69) is 28.5 Å². The first-order valence-corrected chi connectivity index (χ1v) is 5.02. The quantitative estimate of drug-likeness (QED) is 0.599. The molecule has 100 valence electrons. The molecule has 6 nitrogen and oxygen atoms in total. The second kappa shape index (κ2) is 9.21. The average molecular weight is 285 g/mol. The van der Waals surface area contributed by atoms with Crippen molar-refractivity contribution in [2.45, 2.75) is 20.4 Å². The predicted molar refractivity (Wildman–Crippen MR) is 66.3 cm³/mol. The lowest BCUT2D eigenvalue weighted by Crippen LogP contribution is -2.44. The summed E-state index contributed by atoms with van der Waals surface area (Å²) >= 11 is 0. The van der Waals surface area contributed by atoms with Crippen molar-refractivity contribution in [2.75, 3.05) is 19.6 Å². The largest absolute Gasteiger partial charge is 0.539 e. The zero-order chi connectivity index (χ0) is 11.3. The highest BCUT2D eigenvalue weighted by atomic mass is 35.5. The fourth-order valence-electron chi connectivity index (χ4n) is 1.35. The van der Waals surface area contributed by atoms with Gasteiger partial charge in [0.2, 0.25) is 0 Å². The molecule has 0 aliphatic heterocycles. The third-order valence-electron chi connectivity index (χ3n) is 2.37. The van der Waals surface area contributed by atoms with Crippen LogP contribution in [-0.4, -0.2) is 36.0 Å². The van der Waals surface area contributed by atoms with Crippen molar-refractivity contribution in [3.63, 3.8) is 0 Å². The summed E-state index contributed by atoms with van der Waals surface area (Å²) < 4.78 is 5.90. The van der Waals surface area contributed by atoms with Gasteiger partial charge in [0.15, 0.2) is 12.5 Å². The maximum atomic E-state index is 11.0. The van der Waals surface area contributed by atoms with E-state index < -0.39 is 5.95 Å². The molecular weight excluding hydrogens is 267 g/mol. The predicted octanol–water partition coefficient (Wildman–Crippen LogP) is 0.219. The van der Waals surface area contributed by atoms with E-state index in [1.165, 1.54) is 4.68 Å². The Morgan fingerprint density at radius 1 is 1.41 bits per heavy atom. The van der Waals surface area contributed by atoms with E-state index in [4.69, 9.17) is 5.41 Å². The second-order valence-corrected chi connectivity index (χ2v) is 3.14. The summed E-state index contributed by atoms with van der Waals surface area (Å²) in [6.45, 7) is 7.43. The first-order valence-electron chi connectivity index (χ1n) is 5.02. The molecule has 0 fully saturated rings. The molecule has 1 heterocycles. The minimum Gasteiger partial charge on any atom is -0.539 e. The van der Waals surface area contributed by atoms with Crippen LogP contribution in [0.5, 0.6) is 5.95 Å². The van der Waals surface area contributed by atoms with E-state index in [-0.39, 0.29) is 30.5 Å². The van der Waals surface area contributed by atoms with Crippen LogP contribution < -0.4 is 9.79 Å². The zero-order valence-electron chi connectivity index (χ0n) is 9.88. The van der Waals surface area contributed by atoms with Crippen molar-refractivity contribution in [3.05, 3.63) is 5.69 Å². The molecule has 1 aromatic rings. The van der Waals surface area contributed by atoms with Crippen molar-refractivity contribution in [1.29, 1.82) is 5.41 Å². The molecule has 0 bridgehead atoms. The van der Waals surface area contributed by atoms with E-state index in [0.29, 0.717) is 6.54 Å². The number of hydrogen-bond donors (Lipinski definition) is 1. The number of hydrogen-bond acceptors (Lipinski definition) is 5. The molecular formula is C9H18Cl2N4O2. The third-order valence-corrected chi connectivity index (χ3v) is 2.37. The summed E-state index contributed by atoms with van der Waals surface area (Å²) in [6.07, 6.45) is 0.973. The van der Waals surface area contributed by atoms with Gasteiger partial charge in [0.25, 0.3) is 5.69 Å². The van der Waals surface area contributed by atoms with E-state index in [1.54, 1.807) is 0 Å². The maximum absolute atomic E-state index is 11.0. The molecule has 0 amide bonds. The second-order valence-electron chi connectivity index (χ2n) is 3.14. The highest BCUT2D eigenvalue weighted by Crippen LogP contribution is 2.02. The van der Waals surface area contributed by atoms with Gasteiger partial charge in [0.1, 0.15) is 0 Å². The molecule has 0 aliphatic carbocycles. The molecule has 0 unspecified atom stereocenters. The molecule has 0 spiro atoms. The maximum Gasteiger partial charge on any atom is 0.274 e. The highest BCUT2D eigenvalue weighted by molar-refractivity contribution is 5.85. The monoisotopic (exact) mass is 284 g/mol. The van der Waals surface area contributed by atoms with Crippen LogP contribution in [0.4, 0.5) is 0 Å². The van der Waals surface area contributed by atoms with Crippen LogP contribution in [0.15, 0.2) is 4.52 Å². The van der Waals surface area contributed by atoms with Gasteiger partial charge in [0, 0.05) is 0 Å². The highest BCUT2D eigenvalue weighted by Gasteiger charge is 2.15. The number of aromatic nitrogens is 2. The Hall–Kier alpha value is -0.850. The standard InChI is InChI=1S/C9H16N4O2.2ClH/c1-3-12(4-2)5-6-13-8(7-10)9(14)15-11-13;;/h7H,3-6H2,1-2H3,(H-,10,11,14);2*1H. The van der Waals surface area contributed by atoms with Gasteiger partial charge in [-0.15, -0.1) is 24.8 Å². The van der Waals surface area contributed by atoms with Gasteiger partial charge in [-0.05, 0) is 13.1 Å². The molecule has 1 N–H and O–H groups in total. The minimum absolute atomic E-state index is 0. The van der Waals surface area contributed by atoms with Crippen LogP contribution in [0.1, 0.15) is 19.5 Å². The molecule has 0 saturated carbocycles. The molecule has 0 radical (unpaired) electrons. The van der Waals surface area contributed by atoms with Crippen LogP contribution in [0.2, 0.25) is 0 Å². The van der Waals surface area contributed by atoms with Gasteiger partial charge in [-0.2, -0.15) is 0 Å². The summed E-state index contributed by atoms with van der Waals surface area (Å²) in [5, 5.41) is 21.7. The van der Waals surface area contributed by atoms with Gasteiger partial charge in [0.05, 0.1) is 18.0 Å². The molecule has 0 saturated heterocycles. The topological polar surface area (TPSA) is 80.1 Å². The molecule has 8 heteroatoms. The SMILES string of the molecule is CCN(CC)CC[n+]1noc([O-])c1C=N.Cl.Cl. The number of nitrogens with one attached hydrogen (secondary N) is 1. The first-order chi connectivity index (χ1) is 7.22. The molecule has 0 atom stereocenters. The third kappa shape index (κ3) is 4.89. The number of rotatable bonds is 6. The van der Waals surface area contributed by atoms with Gasteiger partial charge >= 0.3 is 0 Å². The summed E-state index contributed by atoms with van der Waals surface area (Å²) in [5.74, 6) is -0.551. The van der Waals surface area contributed by atoms with E-state index >= 15 is 0 Å². The zero-order valence-corrected chi connectivity index (χ0v) is 11.5. The van der Waals surface area contributed by atoms with Gasteiger partial charge < -0.3 is 15.0 Å². The van der Waals surface area contributed by atoms with Gasteiger partial charge in [-0.1, -0.05) is 18.5 Å². The smallest absolute Gasteiger partial charge is 0.274 e. The number of nitrogens with zero attached hydrogens (tertiary/aromatic N) is 3. The fourth-order valence-corrected chi connectivity index (χ4v) is 1.35. The summed E-state index contributed by atoms with van der Waals surface area (Å²) in [6, 6.07) is 0. The van der Waals surface area contributed by atoms with Crippen molar-refractivity contribution in [2.24, 2.45) is 0 Å². The Balaban J connectivity index is 0. The Kier molecular flexibility index (Phi) is 10.0. The van der Waals surface area contributed by atoms with Crippen LogP contribution in [-0.2, 0) is 6.54 Å². The molecule has 1 aromatic heterocycles. The molecule has 0 aliphatic rings. The van der Waals surface area contributed by atoms with Crippen LogP contribution in [0, 0.1) is 5.41 Å². The lowest BCUT2D eigenvalue weighted by molar-refractivity contribution is -0.762. The van der Waals surface area contributed by atoms with Gasteiger partial charge in [-0.3, -0.25) is 4.90 Å². The van der Waals surface area contributed by atoms with Crippen LogP contribution in [0.3, 0.4) is 0 Å². The average Bonchev–Trinajstić information content (AvgIpc) is 2.61. The number of likely N-dealkylation sites (N-methyl/N-ethyl adjacent to an activating group) is 1. The molecule has 0 aromatic carbocycles. The van der Waals surface area contributed by atoms with E-state index in [1.807, 2.05) is 0 Å². The Morgan fingerprint density at radius 2 is 2.00 bits per heavy atom. The summed E-state index contributed by atoms with van der Waals surface area (Å²) in [4.78, 5) is 2.21. The minimum atomic E-state index is -0.551. The fraction of sp³-hybridized carbons (Fsp3) is 0.667. The summed E-state index contributed by atoms with van der Waals surface area (Å²) in [5.41, 5.74) is 0.196. The lowest BCUT2D eigenvalue weighted by atomic mass is 10.4. The lowest BCUT2D eigenvalue weighted by Gasteiger charge is -2.14. The normalized spacial score (nSPS) is 9.59. The summed E-state index contributed by atoms with van der Waals surface area (Å²) in [7, 11) is 0. The Morgan fingerprint density at radius 3 is 2.47 bits per heavy atom. The van der Waals surface area contributed by atoms with Gasteiger partial charge in [-0.25, -0.2) is 0 Å². The van der Waals surface area contributed by atoms with Crippen LogP contribution >= 0.6 is 24.8 Å². The number of halogens is 2. The molecule has 17 heavy (non-hydrogen) atoms. The van der Waals surface area contributed by atoms with E-state index in [9.17, 15) is 5.11 Å².